The van der Waals surface area contributed by atoms with E-state index in [-0.39, 0.29) is 12.3 Å². The Bertz CT molecular complexity index is 647. The largest absolute Gasteiger partial charge is 0.326 e. The maximum atomic E-state index is 11.9. The highest BCUT2D eigenvalue weighted by molar-refractivity contribution is 9.10. The zero-order valence-electron chi connectivity index (χ0n) is 10.1. The molecule has 0 aromatic heterocycles. The minimum Gasteiger partial charge on any atom is -0.326 e. The second-order valence-corrected chi connectivity index (χ2v) is 4.86. The number of carbonyl (C=O) groups excluding carboxylic acids is 1. The molecule has 0 atom stereocenters. The molecule has 94 valence electrons. The average Bonchev–Trinajstić information content (AvgIpc) is 2.41. The first-order valence-corrected chi connectivity index (χ1v) is 6.52. The fourth-order valence-electron chi connectivity index (χ4n) is 1.69. The Balaban J connectivity index is 2.06. The number of nitrogens with zero attached hydrogens (tertiary/aromatic N) is 1. The Morgan fingerprint density at radius 2 is 2.00 bits per heavy atom. The second-order valence-electron chi connectivity index (χ2n) is 4.01. The summed E-state index contributed by atoms with van der Waals surface area (Å²) in [5.74, 6) is -0.109. The van der Waals surface area contributed by atoms with Gasteiger partial charge in [0.15, 0.2) is 0 Å². The summed E-state index contributed by atoms with van der Waals surface area (Å²) < 4.78 is 0.913. The molecule has 0 fully saturated rings. The van der Waals surface area contributed by atoms with Gasteiger partial charge in [0.2, 0.25) is 5.91 Å². The molecular weight excluding hydrogens is 304 g/mol. The molecule has 0 saturated carbocycles. The molecule has 0 aliphatic carbocycles. The van der Waals surface area contributed by atoms with E-state index in [1.54, 1.807) is 24.3 Å². The molecule has 0 spiro atoms. The zero-order chi connectivity index (χ0) is 13.7. The van der Waals surface area contributed by atoms with E-state index in [1.165, 1.54) is 0 Å². The van der Waals surface area contributed by atoms with Crippen LogP contribution in [0.1, 0.15) is 11.1 Å². The van der Waals surface area contributed by atoms with Crippen molar-refractivity contribution in [2.75, 3.05) is 5.32 Å². The van der Waals surface area contributed by atoms with Crippen LogP contribution < -0.4 is 5.32 Å². The van der Waals surface area contributed by atoms with Crippen molar-refractivity contribution < 1.29 is 4.79 Å². The molecule has 3 nitrogen and oxygen atoms in total. The number of carbonyl (C=O) groups is 1. The molecule has 0 heterocycles. The van der Waals surface area contributed by atoms with Gasteiger partial charge in [-0.1, -0.05) is 40.2 Å². The van der Waals surface area contributed by atoms with Crippen molar-refractivity contribution in [2.45, 2.75) is 6.42 Å². The van der Waals surface area contributed by atoms with Crippen LogP contribution in [0.15, 0.2) is 53.0 Å². The van der Waals surface area contributed by atoms with Crippen molar-refractivity contribution in [1.82, 2.24) is 0 Å². The molecular formula is C15H11BrN2O. The molecule has 2 aromatic carbocycles. The monoisotopic (exact) mass is 314 g/mol. The van der Waals surface area contributed by atoms with Gasteiger partial charge in [-0.2, -0.15) is 5.26 Å². The molecule has 0 aliphatic heterocycles. The zero-order valence-corrected chi connectivity index (χ0v) is 11.6. The maximum Gasteiger partial charge on any atom is 0.228 e. The number of halogens is 1. The summed E-state index contributed by atoms with van der Waals surface area (Å²) in [6.45, 7) is 0. The molecule has 0 radical (unpaired) electrons. The lowest BCUT2D eigenvalue weighted by Gasteiger charge is -2.06. The summed E-state index contributed by atoms with van der Waals surface area (Å²) in [6.07, 6.45) is 0.290. The second kappa shape index (κ2) is 6.17. The molecule has 0 aliphatic rings. The van der Waals surface area contributed by atoms with Crippen molar-refractivity contribution in [1.29, 1.82) is 5.26 Å². The third-order valence-electron chi connectivity index (χ3n) is 2.58. The van der Waals surface area contributed by atoms with Crippen LogP contribution >= 0.6 is 15.9 Å². The summed E-state index contributed by atoms with van der Waals surface area (Å²) in [5, 5.41) is 11.6. The highest BCUT2D eigenvalue weighted by Crippen LogP contribution is 2.17. The molecule has 1 amide bonds. The van der Waals surface area contributed by atoms with Crippen LogP contribution in [0, 0.1) is 11.3 Å². The number of nitriles is 1. The number of nitrogens with one attached hydrogen (secondary N) is 1. The van der Waals surface area contributed by atoms with E-state index in [2.05, 4.69) is 21.2 Å². The van der Waals surface area contributed by atoms with E-state index in [9.17, 15) is 4.79 Å². The summed E-state index contributed by atoms with van der Waals surface area (Å²) in [5.41, 5.74) is 2.09. The Hall–Kier alpha value is -2.12. The Labute approximate surface area is 120 Å². The van der Waals surface area contributed by atoms with E-state index >= 15 is 0 Å². The average molecular weight is 315 g/mol. The normalized spacial score (nSPS) is 9.68. The quantitative estimate of drug-likeness (QED) is 0.942. The van der Waals surface area contributed by atoms with Crippen LogP contribution in [0.2, 0.25) is 0 Å². The predicted octanol–water partition coefficient (Wildman–Crippen LogP) is 3.50. The molecule has 0 bridgehead atoms. The van der Waals surface area contributed by atoms with Crippen LogP contribution in [-0.4, -0.2) is 5.91 Å². The number of rotatable bonds is 3. The van der Waals surface area contributed by atoms with Gasteiger partial charge in [-0.15, -0.1) is 0 Å². The fraction of sp³-hybridized carbons (Fsp3) is 0.0667. The Kier molecular flexibility index (Phi) is 4.32. The highest BCUT2D eigenvalue weighted by Gasteiger charge is 2.07. The lowest BCUT2D eigenvalue weighted by atomic mass is 10.1. The van der Waals surface area contributed by atoms with E-state index < -0.39 is 0 Å². The SMILES string of the molecule is N#Cc1cccc(NC(=O)Cc2ccccc2Br)c1. The predicted molar refractivity (Wildman–Crippen MR) is 77.6 cm³/mol. The van der Waals surface area contributed by atoms with Gasteiger partial charge in [0.1, 0.15) is 0 Å². The number of benzene rings is 2. The van der Waals surface area contributed by atoms with Gasteiger partial charge in [0, 0.05) is 10.2 Å². The fourth-order valence-corrected chi connectivity index (χ4v) is 2.11. The van der Waals surface area contributed by atoms with E-state index in [1.807, 2.05) is 30.3 Å². The first-order valence-electron chi connectivity index (χ1n) is 5.72. The van der Waals surface area contributed by atoms with Crippen molar-refractivity contribution in [3.05, 3.63) is 64.1 Å². The summed E-state index contributed by atoms with van der Waals surface area (Å²) in [6, 6.07) is 16.5. The summed E-state index contributed by atoms with van der Waals surface area (Å²) >= 11 is 3.41. The van der Waals surface area contributed by atoms with E-state index in [0.717, 1.165) is 10.0 Å². The van der Waals surface area contributed by atoms with Gasteiger partial charge in [-0.05, 0) is 29.8 Å². The Morgan fingerprint density at radius 3 is 2.74 bits per heavy atom. The molecule has 4 heteroatoms. The molecule has 0 unspecified atom stereocenters. The first kappa shape index (κ1) is 13.3. The number of hydrogen-bond acceptors (Lipinski definition) is 2. The van der Waals surface area contributed by atoms with Gasteiger partial charge in [-0.3, -0.25) is 4.79 Å². The standard InChI is InChI=1S/C15H11BrN2O/c16-14-7-2-1-5-12(14)9-15(19)18-13-6-3-4-11(8-13)10-17/h1-8H,9H2,(H,18,19). The van der Waals surface area contributed by atoms with Gasteiger partial charge in [0.25, 0.3) is 0 Å². The van der Waals surface area contributed by atoms with Gasteiger partial charge in [0.05, 0.1) is 18.1 Å². The van der Waals surface area contributed by atoms with Crippen molar-refractivity contribution in [2.24, 2.45) is 0 Å². The molecule has 2 aromatic rings. The van der Waals surface area contributed by atoms with Crippen LogP contribution in [0.5, 0.6) is 0 Å². The highest BCUT2D eigenvalue weighted by atomic mass is 79.9. The van der Waals surface area contributed by atoms with Crippen molar-refractivity contribution >= 4 is 27.5 Å². The minimum absolute atomic E-state index is 0.109. The summed E-state index contributed by atoms with van der Waals surface area (Å²) in [7, 11) is 0. The first-order chi connectivity index (χ1) is 9.19. The topological polar surface area (TPSA) is 52.9 Å². The minimum atomic E-state index is -0.109. The van der Waals surface area contributed by atoms with Gasteiger partial charge >= 0.3 is 0 Å². The summed E-state index contributed by atoms with van der Waals surface area (Å²) in [4.78, 5) is 11.9. The van der Waals surface area contributed by atoms with Crippen molar-refractivity contribution in [3.63, 3.8) is 0 Å². The number of hydrogen-bond donors (Lipinski definition) is 1. The molecule has 2 rings (SSSR count). The van der Waals surface area contributed by atoms with E-state index in [0.29, 0.717) is 11.3 Å². The Morgan fingerprint density at radius 1 is 1.21 bits per heavy atom. The van der Waals surface area contributed by atoms with Crippen molar-refractivity contribution in [3.8, 4) is 6.07 Å². The van der Waals surface area contributed by atoms with Crippen LogP contribution in [0.4, 0.5) is 5.69 Å². The molecule has 1 N–H and O–H groups in total. The number of anilines is 1. The number of amides is 1. The maximum absolute atomic E-state index is 11.9. The molecule has 0 saturated heterocycles. The van der Waals surface area contributed by atoms with Gasteiger partial charge < -0.3 is 5.32 Å². The van der Waals surface area contributed by atoms with Crippen LogP contribution in [-0.2, 0) is 11.2 Å². The third kappa shape index (κ3) is 3.67. The lowest BCUT2D eigenvalue weighted by Crippen LogP contribution is -2.14. The van der Waals surface area contributed by atoms with Crippen LogP contribution in [0.25, 0.3) is 0 Å². The smallest absolute Gasteiger partial charge is 0.228 e. The molecule has 19 heavy (non-hydrogen) atoms. The van der Waals surface area contributed by atoms with E-state index in [4.69, 9.17) is 5.26 Å². The lowest BCUT2D eigenvalue weighted by molar-refractivity contribution is -0.115. The van der Waals surface area contributed by atoms with Crippen LogP contribution in [0.3, 0.4) is 0 Å². The third-order valence-corrected chi connectivity index (χ3v) is 3.36. The van der Waals surface area contributed by atoms with Gasteiger partial charge in [-0.25, -0.2) is 0 Å².